The van der Waals surface area contributed by atoms with Crippen molar-refractivity contribution in [1.82, 2.24) is 0 Å². The summed E-state index contributed by atoms with van der Waals surface area (Å²) in [5, 5.41) is 8.40. The molecule has 0 atom stereocenters. The molecule has 0 radical (unpaired) electrons. The zero-order valence-corrected chi connectivity index (χ0v) is 9.20. The van der Waals surface area contributed by atoms with E-state index in [-0.39, 0.29) is 11.3 Å². The van der Waals surface area contributed by atoms with Crippen molar-refractivity contribution in [2.75, 3.05) is 0 Å². The number of hydrogen-bond donors (Lipinski definition) is 1. The molecule has 1 rings (SSSR count). The van der Waals surface area contributed by atoms with Crippen LogP contribution in [0.4, 0.5) is 13.2 Å². The summed E-state index contributed by atoms with van der Waals surface area (Å²) in [6, 6.07) is 3.09. The van der Waals surface area contributed by atoms with E-state index in [1.165, 1.54) is 6.07 Å². The van der Waals surface area contributed by atoms with Gasteiger partial charge in [-0.25, -0.2) is 0 Å². The van der Waals surface area contributed by atoms with Crippen LogP contribution in [-0.4, -0.2) is 17.3 Å². The largest absolute Gasteiger partial charge is 0.481 e. The second-order valence-corrected chi connectivity index (χ2v) is 4.66. The SMILES string of the molecule is O=C(O)CCCc1ccc(CC(F)(F)F)s1. The van der Waals surface area contributed by atoms with E-state index in [0.717, 1.165) is 16.2 Å². The molecule has 0 spiro atoms. The summed E-state index contributed by atoms with van der Waals surface area (Å²) in [7, 11) is 0. The fourth-order valence-electron chi connectivity index (χ4n) is 1.26. The molecule has 0 aliphatic rings. The molecule has 0 fully saturated rings. The molecule has 0 amide bonds. The van der Waals surface area contributed by atoms with Gasteiger partial charge in [-0.1, -0.05) is 0 Å². The van der Waals surface area contributed by atoms with E-state index >= 15 is 0 Å². The Morgan fingerprint density at radius 1 is 1.31 bits per heavy atom. The summed E-state index contributed by atoms with van der Waals surface area (Å²) < 4.78 is 36.1. The number of thiophene rings is 1. The van der Waals surface area contributed by atoms with Crippen LogP contribution in [0.5, 0.6) is 0 Å². The van der Waals surface area contributed by atoms with Gasteiger partial charge in [0.1, 0.15) is 0 Å². The summed E-state index contributed by atoms with van der Waals surface area (Å²) in [6.07, 6.45) is -4.05. The standard InChI is InChI=1S/C10H11F3O2S/c11-10(12,13)6-8-5-4-7(16-8)2-1-3-9(14)15/h4-5H,1-3,6H2,(H,14,15). The van der Waals surface area contributed by atoms with Crippen molar-refractivity contribution in [3.05, 3.63) is 21.9 Å². The molecule has 1 N–H and O–H groups in total. The Morgan fingerprint density at radius 2 is 1.94 bits per heavy atom. The Labute approximate surface area is 94.7 Å². The minimum atomic E-state index is -4.18. The predicted molar refractivity (Wildman–Crippen MR) is 54.7 cm³/mol. The summed E-state index contributed by atoms with van der Waals surface area (Å²) >= 11 is 1.10. The van der Waals surface area contributed by atoms with E-state index in [4.69, 9.17) is 5.11 Å². The third-order valence-corrected chi connectivity index (χ3v) is 3.05. The third kappa shape index (κ3) is 5.16. The van der Waals surface area contributed by atoms with Gasteiger partial charge in [-0.3, -0.25) is 4.79 Å². The topological polar surface area (TPSA) is 37.3 Å². The van der Waals surface area contributed by atoms with Crippen LogP contribution in [0, 0.1) is 0 Å². The van der Waals surface area contributed by atoms with Crippen molar-refractivity contribution < 1.29 is 23.1 Å². The lowest BCUT2D eigenvalue weighted by molar-refractivity contribution is -0.137. The third-order valence-electron chi connectivity index (χ3n) is 1.91. The minimum absolute atomic E-state index is 0.0481. The van der Waals surface area contributed by atoms with E-state index in [1.54, 1.807) is 6.07 Å². The van der Waals surface area contributed by atoms with Crippen LogP contribution in [0.25, 0.3) is 0 Å². The van der Waals surface area contributed by atoms with Crippen LogP contribution >= 0.6 is 11.3 Å². The predicted octanol–water partition coefficient (Wildman–Crippen LogP) is 3.26. The second-order valence-electron chi connectivity index (χ2n) is 3.41. The molecule has 0 bridgehead atoms. The lowest BCUT2D eigenvalue weighted by Gasteiger charge is -2.02. The van der Waals surface area contributed by atoms with Crippen molar-refractivity contribution in [3.63, 3.8) is 0 Å². The van der Waals surface area contributed by atoms with Crippen LogP contribution < -0.4 is 0 Å². The Bertz CT molecular complexity index is 357. The van der Waals surface area contributed by atoms with E-state index in [2.05, 4.69) is 0 Å². The van der Waals surface area contributed by atoms with Gasteiger partial charge in [0.2, 0.25) is 0 Å². The van der Waals surface area contributed by atoms with Crippen LogP contribution in [0.15, 0.2) is 12.1 Å². The smallest absolute Gasteiger partial charge is 0.393 e. The number of carboxylic acids is 1. The molecule has 1 aromatic heterocycles. The molecule has 6 heteroatoms. The number of aliphatic carboxylic acids is 1. The highest BCUT2D eigenvalue weighted by Crippen LogP contribution is 2.26. The zero-order chi connectivity index (χ0) is 12.2. The highest BCUT2D eigenvalue weighted by Gasteiger charge is 2.28. The van der Waals surface area contributed by atoms with Crippen LogP contribution in [0.2, 0.25) is 0 Å². The van der Waals surface area contributed by atoms with Gasteiger partial charge in [0.15, 0.2) is 0 Å². The first-order valence-corrected chi connectivity index (χ1v) is 5.54. The molecule has 1 heterocycles. The highest BCUT2D eigenvalue weighted by molar-refractivity contribution is 7.12. The molecule has 90 valence electrons. The molecule has 0 aromatic carbocycles. The molecule has 0 saturated heterocycles. The van der Waals surface area contributed by atoms with Crippen molar-refractivity contribution in [1.29, 1.82) is 0 Å². The highest BCUT2D eigenvalue weighted by atomic mass is 32.1. The zero-order valence-electron chi connectivity index (χ0n) is 8.38. The average Bonchev–Trinajstić information content (AvgIpc) is 2.48. The van der Waals surface area contributed by atoms with Crippen molar-refractivity contribution >= 4 is 17.3 Å². The number of carboxylic acid groups (broad SMARTS) is 1. The Balaban J connectivity index is 2.42. The van der Waals surface area contributed by atoms with Crippen LogP contribution in [-0.2, 0) is 17.6 Å². The van der Waals surface area contributed by atoms with Gasteiger partial charge in [-0.05, 0) is 25.0 Å². The molecular formula is C10H11F3O2S. The molecule has 2 nitrogen and oxygen atoms in total. The number of carbonyl (C=O) groups is 1. The molecule has 0 aliphatic heterocycles. The van der Waals surface area contributed by atoms with Crippen molar-refractivity contribution in [2.24, 2.45) is 0 Å². The van der Waals surface area contributed by atoms with Crippen molar-refractivity contribution in [3.8, 4) is 0 Å². The molecule has 0 saturated carbocycles. The Kier molecular flexibility index (Phi) is 4.35. The van der Waals surface area contributed by atoms with Gasteiger partial charge in [0.05, 0.1) is 6.42 Å². The van der Waals surface area contributed by atoms with E-state index < -0.39 is 18.6 Å². The molecule has 16 heavy (non-hydrogen) atoms. The molecule has 0 aliphatic carbocycles. The Hall–Kier alpha value is -1.04. The van der Waals surface area contributed by atoms with E-state index in [0.29, 0.717) is 12.8 Å². The monoisotopic (exact) mass is 252 g/mol. The number of hydrogen-bond acceptors (Lipinski definition) is 2. The molecule has 0 unspecified atom stereocenters. The van der Waals surface area contributed by atoms with E-state index in [1.807, 2.05) is 0 Å². The fourth-order valence-corrected chi connectivity index (χ4v) is 2.35. The number of rotatable bonds is 5. The second kappa shape index (κ2) is 5.34. The van der Waals surface area contributed by atoms with Gasteiger partial charge in [-0.15, -0.1) is 11.3 Å². The number of aryl methyl sites for hydroxylation is 1. The summed E-state index contributed by atoms with van der Waals surface area (Å²) in [4.78, 5) is 11.3. The van der Waals surface area contributed by atoms with E-state index in [9.17, 15) is 18.0 Å². The van der Waals surface area contributed by atoms with Crippen LogP contribution in [0.1, 0.15) is 22.6 Å². The van der Waals surface area contributed by atoms with Gasteiger partial charge >= 0.3 is 12.1 Å². The quantitative estimate of drug-likeness (QED) is 0.873. The lowest BCUT2D eigenvalue weighted by Crippen LogP contribution is -2.09. The molecule has 1 aromatic rings. The number of halogens is 3. The minimum Gasteiger partial charge on any atom is -0.481 e. The van der Waals surface area contributed by atoms with Crippen molar-refractivity contribution in [2.45, 2.75) is 31.9 Å². The van der Waals surface area contributed by atoms with Gasteiger partial charge in [0.25, 0.3) is 0 Å². The maximum atomic E-state index is 12.0. The summed E-state index contributed by atoms with van der Waals surface area (Å²) in [5.74, 6) is -0.882. The van der Waals surface area contributed by atoms with Gasteiger partial charge in [0, 0.05) is 16.2 Å². The van der Waals surface area contributed by atoms with Crippen LogP contribution in [0.3, 0.4) is 0 Å². The molecular weight excluding hydrogens is 241 g/mol. The summed E-state index contributed by atoms with van der Waals surface area (Å²) in [5.41, 5.74) is 0. The van der Waals surface area contributed by atoms with Gasteiger partial charge in [-0.2, -0.15) is 13.2 Å². The first-order chi connectivity index (χ1) is 7.37. The normalized spacial score (nSPS) is 11.7. The maximum Gasteiger partial charge on any atom is 0.393 e. The fraction of sp³-hybridized carbons (Fsp3) is 0.500. The first kappa shape index (κ1) is 13.0. The maximum absolute atomic E-state index is 12.0. The first-order valence-electron chi connectivity index (χ1n) is 4.73. The Morgan fingerprint density at radius 3 is 2.50 bits per heavy atom. The average molecular weight is 252 g/mol. The number of alkyl halides is 3. The lowest BCUT2D eigenvalue weighted by atomic mass is 10.2. The van der Waals surface area contributed by atoms with Gasteiger partial charge < -0.3 is 5.11 Å². The summed E-state index contributed by atoms with van der Waals surface area (Å²) in [6.45, 7) is 0.